The van der Waals surface area contributed by atoms with Gasteiger partial charge in [0.05, 0.1) is 5.69 Å². The van der Waals surface area contributed by atoms with Crippen LogP contribution in [0.2, 0.25) is 0 Å². The Balaban J connectivity index is 1.69. The number of anilines is 1. The van der Waals surface area contributed by atoms with Crippen LogP contribution in [0.4, 0.5) is 23.2 Å². The van der Waals surface area contributed by atoms with Gasteiger partial charge in [-0.05, 0) is 36.4 Å². The second-order valence-corrected chi connectivity index (χ2v) is 5.25. The summed E-state index contributed by atoms with van der Waals surface area (Å²) in [6.07, 6.45) is 1.26. The van der Waals surface area contributed by atoms with Gasteiger partial charge in [-0.3, -0.25) is 4.79 Å². The standard InChI is InChI=1S/C17H12F4N4O3/c18-16(19)27-12-6-4-11(5-7-12)25-9-22-14(24-25)15(26)23-10-2-1-3-13(8-10)28-17(20)21/h1-9,16-17H,(H,23,26). The van der Waals surface area contributed by atoms with Gasteiger partial charge in [0.25, 0.3) is 5.91 Å². The molecule has 0 saturated carbocycles. The van der Waals surface area contributed by atoms with Crippen molar-refractivity contribution in [2.45, 2.75) is 13.2 Å². The first-order chi connectivity index (χ1) is 13.4. The summed E-state index contributed by atoms with van der Waals surface area (Å²) in [7, 11) is 0. The number of amides is 1. The fourth-order valence-electron chi connectivity index (χ4n) is 2.21. The molecule has 0 atom stereocenters. The van der Waals surface area contributed by atoms with E-state index in [2.05, 4.69) is 24.9 Å². The molecule has 28 heavy (non-hydrogen) atoms. The van der Waals surface area contributed by atoms with Gasteiger partial charge in [-0.15, -0.1) is 5.10 Å². The van der Waals surface area contributed by atoms with Gasteiger partial charge in [-0.2, -0.15) is 17.6 Å². The van der Waals surface area contributed by atoms with Crippen molar-refractivity contribution >= 4 is 11.6 Å². The third-order valence-corrected chi connectivity index (χ3v) is 3.34. The SMILES string of the molecule is O=C(Nc1cccc(OC(F)F)c1)c1ncn(-c2ccc(OC(F)F)cc2)n1. The highest BCUT2D eigenvalue weighted by Crippen LogP contribution is 2.20. The Bertz CT molecular complexity index is 948. The van der Waals surface area contributed by atoms with Gasteiger partial charge >= 0.3 is 13.2 Å². The lowest BCUT2D eigenvalue weighted by Crippen LogP contribution is -2.14. The minimum atomic E-state index is -2.99. The van der Waals surface area contributed by atoms with Crippen LogP contribution in [-0.4, -0.2) is 33.9 Å². The van der Waals surface area contributed by atoms with E-state index in [9.17, 15) is 22.4 Å². The van der Waals surface area contributed by atoms with E-state index < -0.39 is 19.1 Å². The molecular weight excluding hydrogens is 384 g/mol. The molecule has 1 heterocycles. The van der Waals surface area contributed by atoms with E-state index >= 15 is 0 Å². The molecule has 0 bridgehead atoms. The van der Waals surface area contributed by atoms with Crippen LogP contribution in [0, 0.1) is 0 Å². The molecule has 0 aliphatic rings. The van der Waals surface area contributed by atoms with E-state index in [0.29, 0.717) is 5.69 Å². The molecule has 3 aromatic rings. The van der Waals surface area contributed by atoms with E-state index in [1.807, 2.05) is 0 Å². The van der Waals surface area contributed by atoms with Crippen LogP contribution in [0.15, 0.2) is 54.9 Å². The molecule has 0 fully saturated rings. The van der Waals surface area contributed by atoms with Crippen LogP contribution in [-0.2, 0) is 0 Å². The Morgan fingerprint density at radius 3 is 2.32 bits per heavy atom. The summed E-state index contributed by atoms with van der Waals surface area (Å²) in [4.78, 5) is 16.1. The molecule has 0 radical (unpaired) electrons. The summed E-state index contributed by atoms with van der Waals surface area (Å²) < 4.78 is 58.6. The maximum absolute atomic E-state index is 12.3. The normalized spacial score (nSPS) is 10.9. The molecular formula is C17H12F4N4O3. The number of hydrogen-bond acceptors (Lipinski definition) is 5. The van der Waals surface area contributed by atoms with Crippen LogP contribution < -0.4 is 14.8 Å². The third-order valence-electron chi connectivity index (χ3n) is 3.34. The molecule has 0 aliphatic heterocycles. The first-order valence-corrected chi connectivity index (χ1v) is 7.74. The van der Waals surface area contributed by atoms with E-state index in [4.69, 9.17) is 0 Å². The van der Waals surface area contributed by atoms with E-state index in [1.165, 1.54) is 59.5 Å². The van der Waals surface area contributed by atoms with Crippen LogP contribution in [0.3, 0.4) is 0 Å². The number of halogens is 4. The number of carbonyl (C=O) groups is 1. The number of aromatic nitrogens is 3. The molecule has 0 unspecified atom stereocenters. The Hall–Kier alpha value is -3.63. The van der Waals surface area contributed by atoms with Crippen LogP contribution in [0.1, 0.15) is 10.6 Å². The first-order valence-electron chi connectivity index (χ1n) is 7.74. The number of carbonyl (C=O) groups excluding carboxylic acids is 1. The van der Waals surface area contributed by atoms with E-state index in [1.54, 1.807) is 0 Å². The molecule has 3 rings (SSSR count). The molecule has 0 aliphatic carbocycles. The predicted molar refractivity (Wildman–Crippen MR) is 89.0 cm³/mol. The molecule has 1 amide bonds. The van der Waals surface area contributed by atoms with Crippen molar-refractivity contribution in [3.05, 3.63) is 60.7 Å². The minimum Gasteiger partial charge on any atom is -0.435 e. The lowest BCUT2D eigenvalue weighted by molar-refractivity contribution is -0.0505. The largest absolute Gasteiger partial charge is 0.435 e. The maximum atomic E-state index is 12.3. The van der Waals surface area contributed by atoms with Crippen molar-refractivity contribution in [2.75, 3.05) is 5.32 Å². The molecule has 1 aromatic heterocycles. The van der Waals surface area contributed by atoms with Crippen LogP contribution in [0.5, 0.6) is 11.5 Å². The molecule has 146 valence electrons. The Morgan fingerprint density at radius 1 is 0.964 bits per heavy atom. The van der Waals surface area contributed by atoms with Crippen molar-refractivity contribution in [2.24, 2.45) is 0 Å². The highest BCUT2D eigenvalue weighted by atomic mass is 19.3. The highest BCUT2D eigenvalue weighted by molar-refractivity contribution is 6.01. The van der Waals surface area contributed by atoms with Crippen molar-refractivity contribution in [3.63, 3.8) is 0 Å². The number of rotatable bonds is 7. The summed E-state index contributed by atoms with van der Waals surface area (Å²) >= 11 is 0. The Kier molecular flexibility index (Phi) is 5.72. The number of nitrogens with zero attached hydrogens (tertiary/aromatic N) is 3. The Morgan fingerprint density at radius 2 is 1.64 bits per heavy atom. The van der Waals surface area contributed by atoms with E-state index in [-0.39, 0.29) is 23.0 Å². The second-order valence-electron chi connectivity index (χ2n) is 5.25. The zero-order chi connectivity index (χ0) is 20.1. The molecule has 0 saturated heterocycles. The number of hydrogen-bond donors (Lipinski definition) is 1. The van der Waals surface area contributed by atoms with Crippen molar-refractivity contribution < 1.29 is 31.8 Å². The monoisotopic (exact) mass is 396 g/mol. The summed E-state index contributed by atoms with van der Waals surface area (Å²) in [5.41, 5.74) is 0.675. The Labute approximate surface area is 155 Å². The van der Waals surface area contributed by atoms with Crippen molar-refractivity contribution in [1.29, 1.82) is 0 Å². The van der Waals surface area contributed by atoms with Crippen LogP contribution in [0.25, 0.3) is 5.69 Å². The van der Waals surface area contributed by atoms with Crippen molar-refractivity contribution in [3.8, 4) is 17.2 Å². The summed E-state index contributed by atoms with van der Waals surface area (Å²) in [5.74, 6) is -1.00. The zero-order valence-electron chi connectivity index (χ0n) is 13.9. The van der Waals surface area contributed by atoms with Gasteiger partial charge in [-0.25, -0.2) is 9.67 Å². The topological polar surface area (TPSA) is 78.3 Å². The van der Waals surface area contributed by atoms with Gasteiger partial charge in [0, 0.05) is 11.8 Å². The predicted octanol–water partition coefficient (Wildman–Crippen LogP) is 3.72. The van der Waals surface area contributed by atoms with Crippen LogP contribution >= 0.6 is 0 Å². The van der Waals surface area contributed by atoms with Gasteiger partial charge in [-0.1, -0.05) is 6.07 Å². The molecule has 2 aromatic carbocycles. The lowest BCUT2D eigenvalue weighted by atomic mass is 10.3. The van der Waals surface area contributed by atoms with Crippen molar-refractivity contribution in [1.82, 2.24) is 14.8 Å². The van der Waals surface area contributed by atoms with Gasteiger partial charge in [0.1, 0.15) is 17.8 Å². The summed E-state index contributed by atoms with van der Waals surface area (Å²) in [6.45, 7) is -5.92. The molecule has 1 N–H and O–H groups in total. The second kappa shape index (κ2) is 8.37. The van der Waals surface area contributed by atoms with E-state index in [0.717, 1.165) is 0 Å². The number of benzene rings is 2. The molecule has 7 nitrogen and oxygen atoms in total. The quantitative estimate of drug-likeness (QED) is 0.616. The van der Waals surface area contributed by atoms with Gasteiger partial charge < -0.3 is 14.8 Å². The van der Waals surface area contributed by atoms with Gasteiger partial charge in [0.15, 0.2) is 0 Å². The molecule has 11 heteroatoms. The minimum absolute atomic E-state index is 0.0252. The number of ether oxygens (including phenoxy) is 2. The fourth-order valence-corrected chi connectivity index (χ4v) is 2.21. The number of nitrogens with one attached hydrogen (secondary N) is 1. The first kappa shape index (κ1) is 19.1. The highest BCUT2D eigenvalue weighted by Gasteiger charge is 2.14. The molecule has 0 spiro atoms. The lowest BCUT2D eigenvalue weighted by Gasteiger charge is -2.07. The zero-order valence-corrected chi connectivity index (χ0v) is 13.9. The van der Waals surface area contributed by atoms with Gasteiger partial charge in [0.2, 0.25) is 5.82 Å². The third kappa shape index (κ3) is 4.96. The number of alkyl halides is 4. The fraction of sp³-hybridized carbons (Fsp3) is 0.118. The average molecular weight is 396 g/mol. The average Bonchev–Trinajstić information content (AvgIpc) is 3.12. The summed E-state index contributed by atoms with van der Waals surface area (Å²) in [6, 6.07) is 11.0. The summed E-state index contributed by atoms with van der Waals surface area (Å²) in [5, 5.41) is 6.45. The maximum Gasteiger partial charge on any atom is 0.387 e. The smallest absolute Gasteiger partial charge is 0.387 e.